The van der Waals surface area contributed by atoms with Crippen LogP contribution in [0.1, 0.15) is 18.1 Å². The molecule has 0 unspecified atom stereocenters. The second-order valence-corrected chi connectivity index (χ2v) is 4.87. The number of hydrogen-bond acceptors (Lipinski definition) is 3. The van der Waals surface area contributed by atoms with Crippen LogP contribution < -0.4 is 10.1 Å². The van der Waals surface area contributed by atoms with Gasteiger partial charge in [-0.15, -0.1) is 0 Å². The lowest BCUT2D eigenvalue weighted by Gasteiger charge is -2.13. The van der Waals surface area contributed by atoms with E-state index in [1.807, 2.05) is 13.0 Å². The molecule has 0 radical (unpaired) electrons. The van der Waals surface area contributed by atoms with E-state index >= 15 is 0 Å². The lowest BCUT2D eigenvalue weighted by Crippen LogP contribution is -2.04. The van der Waals surface area contributed by atoms with Crippen LogP contribution in [0.15, 0.2) is 36.4 Å². The van der Waals surface area contributed by atoms with Crippen molar-refractivity contribution in [3.05, 3.63) is 58.4 Å². The van der Waals surface area contributed by atoms with Gasteiger partial charge in [0, 0.05) is 28.4 Å². The molecular formula is C16H17ClFNO2. The average Bonchev–Trinajstić information content (AvgIpc) is 2.48. The van der Waals surface area contributed by atoms with Gasteiger partial charge >= 0.3 is 0 Å². The van der Waals surface area contributed by atoms with Crippen LogP contribution in [0, 0.1) is 5.82 Å². The first-order chi connectivity index (χ1) is 10.2. The number of benzene rings is 2. The summed E-state index contributed by atoms with van der Waals surface area (Å²) in [6, 6.07) is 9.97. The zero-order valence-electron chi connectivity index (χ0n) is 11.7. The van der Waals surface area contributed by atoms with Gasteiger partial charge in [0.2, 0.25) is 0 Å². The van der Waals surface area contributed by atoms with Crippen LogP contribution in [0.4, 0.5) is 10.1 Å². The third-order valence-electron chi connectivity index (χ3n) is 3.06. The van der Waals surface area contributed by atoms with Crippen LogP contribution >= 0.6 is 11.6 Å². The molecule has 3 nitrogen and oxygen atoms in total. The Morgan fingerprint density at radius 3 is 2.76 bits per heavy atom. The fourth-order valence-corrected chi connectivity index (χ4v) is 2.23. The highest BCUT2D eigenvalue weighted by molar-refractivity contribution is 6.31. The largest absolute Gasteiger partial charge is 0.494 e. The predicted octanol–water partition coefficient (Wildman–Crippen LogP) is 3.98. The van der Waals surface area contributed by atoms with E-state index in [-0.39, 0.29) is 19.0 Å². The van der Waals surface area contributed by atoms with Gasteiger partial charge in [-0.2, -0.15) is 0 Å². The zero-order valence-corrected chi connectivity index (χ0v) is 12.5. The molecule has 0 atom stereocenters. The fraction of sp³-hybridized carbons (Fsp3) is 0.250. The highest BCUT2D eigenvalue weighted by Gasteiger charge is 2.08. The molecule has 2 aromatic carbocycles. The van der Waals surface area contributed by atoms with Crippen molar-refractivity contribution in [2.24, 2.45) is 0 Å². The molecule has 0 spiro atoms. The first-order valence-corrected chi connectivity index (χ1v) is 7.06. The number of aliphatic hydroxyl groups excluding tert-OH is 1. The molecule has 5 heteroatoms. The number of nitrogens with one attached hydrogen (secondary N) is 1. The van der Waals surface area contributed by atoms with Gasteiger partial charge in [0.1, 0.15) is 11.6 Å². The Labute approximate surface area is 128 Å². The number of hydrogen-bond donors (Lipinski definition) is 2. The molecule has 2 rings (SSSR count). The van der Waals surface area contributed by atoms with Gasteiger partial charge in [-0.1, -0.05) is 17.7 Å². The topological polar surface area (TPSA) is 41.5 Å². The molecule has 0 amide bonds. The molecule has 0 bridgehead atoms. The van der Waals surface area contributed by atoms with Gasteiger partial charge in [0.25, 0.3) is 0 Å². The first-order valence-electron chi connectivity index (χ1n) is 6.69. The van der Waals surface area contributed by atoms with Crippen LogP contribution in [0.25, 0.3) is 0 Å². The normalized spacial score (nSPS) is 10.5. The molecule has 0 fully saturated rings. The van der Waals surface area contributed by atoms with Crippen molar-refractivity contribution < 1.29 is 14.2 Å². The second kappa shape index (κ2) is 7.29. The minimum absolute atomic E-state index is 0.120. The van der Waals surface area contributed by atoms with Gasteiger partial charge in [-0.3, -0.25) is 0 Å². The van der Waals surface area contributed by atoms with Crippen LogP contribution in [-0.2, 0) is 13.2 Å². The third-order valence-corrected chi connectivity index (χ3v) is 3.42. The van der Waals surface area contributed by atoms with Crippen molar-refractivity contribution in [2.45, 2.75) is 20.1 Å². The minimum atomic E-state index is -0.344. The Hall–Kier alpha value is -1.78. The monoisotopic (exact) mass is 309 g/mol. The smallest absolute Gasteiger partial charge is 0.129 e. The number of ether oxygens (including phenoxy) is 1. The summed E-state index contributed by atoms with van der Waals surface area (Å²) in [6.07, 6.45) is 0. The summed E-state index contributed by atoms with van der Waals surface area (Å²) in [5.74, 6) is 0.304. The quantitative estimate of drug-likeness (QED) is 0.848. The molecule has 112 valence electrons. The van der Waals surface area contributed by atoms with E-state index in [0.717, 1.165) is 5.69 Å². The van der Waals surface area contributed by atoms with Crippen molar-refractivity contribution in [3.63, 3.8) is 0 Å². The Balaban J connectivity index is 2.13. The first kappa shape index (κ1) is 15.6. The number of halogens is 2. The van der Waals surface area contributed by atoms with Crippen LogP contribution in [0.3, 0.4) is 0 Å². The predicted molar refractivity (Wildman–Crippen MR) is 82.3 cm³/mol. The van der Waals surface area contributed by atoms with Gasteiger partial charge in [-0.05, 0) is 37.3 Å². The Kier molecular flexibility index (Phi) is 5.42. The van der Waals surface area contributed by atoms with Crippen LogP contribution in [-0.4, -0.2) is 11.7 Å². The molecule has 0 aliphatic carbocycles. The standard InChI is InChI=1S/C16H17ClFNO2/c1-2-21-16-7-6-12(8-11(16)10-20)19-9-13-14(17)4-3-5-15(13)18/h3-8,19-20H,2,9-10H2,1H3. The molecule has 0 heterocycles. The lowest BCUT2D eigenvalue weighted by atomic mass is 10.1. The lowest BCUT2D eigenvalue weighted by molar-refractivity contribution is 0.267. The number of anilines is 1. The van der Waals surface area contributed by atoms with E-state index in [9.17, 15) is 9.50 Å². The molecule has 21 heavy (non-hydrogen) atoms. The Morgan fingerprint density at radius 1 is 1.29 bits per heavy atom. The third kappa shape index (κ3) is 3.86. The molecule has 0 saturated heterocycles. The van der Waals surface area contributed by atoms with Gasteiger partial charge in [-0.25, -0.2) is 4.39 Å². The summed E-state index contributed by atoms with van der Waals surface area (Å²) in [6.45, 7) is 2.56. The van der Waals surface area contributed by atoms with Crippen molar-refractivity contribution >= 4 is 17.3 Å². The van der Waals surface area contributed by atoms with Gasteiger partial charge in [0.05, 0.1) is 13.2 Å². The second-order valence-electron chi connectivity index (χ2n) is 4.47. The van der Waals surface area contributed by atoms with E-state index < -0.39 is 0 Å². The molecule has 0 aliphatic rings. The summed E-state index contributed by atoms with van der Waals surface area (Å²) in [4.78, 5) is 0. The molecule has 0 saturated carbocycles. The summed E-state index contributed by atoms with van der Waals surface area (Å²) < 4.78 is 19.1. The van der Waals surface area contributed by atoms with Crippen molar-refractivity contribution in [1.29, 1.82) is 0 Å². The van der Waals surface area contributed by atoms with Crippen LogP contribution in [0.2, 0.25) is 5.02 Å². The Bertz CT molecular complexity index is 599. The average molecular weight is 310 g/mol. The molecule has 2 N–H and O–H groups in total. The van der Waals surface area contributed by atoms with E-state index in [4.69, 9.17) is 16.3 Å². The highest BCUT2D eigenvalue weighted by Crippen LogP contribution is 2.25. The summed E-state index contributed by atoms with van der Waals surface area (Å²) in [7, 11) is 0. The van der Waals surface area contributed by atoms with E-state index in [1.54, 1.807) is 24.3 Å². The minimum Gasteiger partial charge on any atom is -0.494 e. The summed E-state index contributed by atoms with van der Waals surface area (Å²) in [5.41, 5.74) is 1.86. The van der Waals surface area contributed by atoms with Crippen molar-refractivity contribution in [1.82, 2.24) is 0 Å². The van der Waals surface area contributed by atoms with E-state index in [2.05, 4.69) is 5.32 Å². The SMILES string of the molecule is CCOc1ccc(NCc2c(F)cccc2Cl)cc1CO. The fourth-order valence-electron chi connectivity index (χ4n) is 2.00. The number of aliphatic hydroxyl groups is 1. The molecule has 2 aromatic rings. The van der Waals surface area contributed by atoms with Gasteiger partial charge in [0.15, 0.2) is 0 Å². The van der Waals surface area contributed by atoms with Crippen molar-refractivity contribution in [3.8, 4) is 5.75 Å². The molecule has 0 aliphatic heterocycles. The van der Waals surface area contributed by atoms with E-state index in [1.165, 1.54) is 6.07 Å². The Morgan fingerprint density at radius 2 is 2.10 bits per heavy atom. The maximum atomic E-state index is 13.7. The summed E-state index contributed by atoms with van der Waals surface area (Å²) >= 11 is 5.98. The number of rotatable bonds is 6. The maximum absolute atomic E-state index is 13.7. The maximum Gasteiger partial charge on any atom is 0.129 e. The molecule has 0 aromatic heterocycles. The highest BCUT2D eigenvalue weighted by atomic mass is 35.5. The van der Waals surface area contributed by atoms with Crippen LogP contribution in [0.5, 0.6) is 5.75 Å². The van der Waals surface area contributed by atoms with Crippen molar-refractivity contribution in [2.75, 3.05) is 11.9 Å². The molecular weight excluding hydrogens is 293 g/mol. The summed E-state index contributed by atoms with van der Waals surface area (Å²) in [5, 5.41) is 12.8. The van der Waals surface area contributed by atoms with E-state index in [0.29, 0.717) is 28.5 Å². The zero-order chi connectivity index (χ0) is 15.2. The van der Waals surface area contributed by atoms with Gasteiger partial charge < -0.3 is 15.2 Å².